The second-order valence-corrected chi connectivity index (χ2v) is 12.1. The van der Waals surface area contributed by atoms with Crippen LogP contribution in [0, 0.1) is 11.3 Å². The molecule has 4 nitrogen and oxygen atoms in total. The van der Waals surface area contributed by atoms with Crippen molar-refractivity contribution in [2.45, 2.75) is 0 Å². The van der Waals surface area contributed by atoms with Gasteiger partial charge in [0.2, 0.25) is 0 Å². The SMILES string of the molecule is N#Cc1cc(-c2ccc(-n3c4ccccc4c4ccccc43)cc2)cc(-n2c3ccccc3c3cc4oc5ccccc5c4cc32)c1. The van der Waals surface area contributed by atoms with Gasteiger partial charge in [-0.1, -0.05) is 84.9 Å². The fourth-order valence-electron chi connectivity index (χ4n) is 7.44. The molecule has 4 heteroatoms. The van der Waals surface area contributed by atoms with Crippen LogP contribution in [-0.4, -0.2) is 9.13 Å². The summed E-state index contributed by atoms with van der Waals surface area (Å²) in [5, 5.41) is 17.1. The smallest absolute Gasteiger partial charge is 0.136 e. The number of nitrogens with zero attached hydrogens (tertiary/aromatic N) is 3. The Morgan fingerprint density at radius 3 is 1.64 bits per heavy atom. The number of nitriles is 1. The molecule has 0 N–H and O–H groups in total. The Kier molecular flexibility index (Phi) is 5.32. The second kappa shape index (κ2) is 9.71. The molecule has 10 aromatic rings. The fourth-order valence-corrected chi connectivity index (χ4v) is 7.44. The van der Waals surface area contributed by atoms with Crippen LogP contribution in [0.2, 0.25) is 0 Å². The normalized spacial score (nSPS) is 11.8. The molecule has 0 atom stereocenters. The van der Waals surface area contributed by atoms with Crippen LogP contribution < -0.4 is 0 Å². The van der Waals surface area contributed by atoms with Gasteiger partial charge >= 0.3 is 0 Å². The predicted octanol–water partition coefficient (Wildman–Crippen LogP) is 11.3. The first-order valence-corrected chi connectivity index (χ1v) is 15.7. The minimum absolute atomic E-state index is 0.616. The zero-order valence-electron chi connectivity index (χ0n) is 25.2. The monoisotopic (exact) mass is 599 g/mol. The summed E-state index contributed by atoms with van der Waals surface area (Å²) in [6.07, 6.45) is 0. The van der Waals surface area contributed by atoms with Crippen LogP contribution in [-0.2, 0) is 0 Å². The molecule has 0 radical (unpaired) electrons. The van der Waals surface area contributed by atoms with Gasteiger partial charge in [0.05, 0.1) is 33.7 Å². The summed E-state index contributed by atoms with van der Waals surface area (Å²) >= 11 is 0. The van der Waals surface area contributed by atoms with Crippen LogP contribution in [0.25, 0.3) is 88.1 Å². The number of furan rings is 1. The van der Waals surface area contributed by atoms with Gasteiger partial charge < -0.3 is 13.6 Å². The molecule has 218 valence electrons. The average Bonchev–Trinajstić information content (AvgIpc) is 3.78. The lowest BCUT2D eigenvalue weighted by molar-refractivity contribution is 0.669. The van der Waals surface area contributed by atoms with E-state index in [1.807, 2.05) is 30.3 Å². The van der Waals surface area contributed by atoms with Gasteiger partial charge in [-0.25, -0.2) is 0 Å². The molecule has 0 saturated heterocycles. The molecule has 7 aromatic carbocycles. The second-order valence-electron chi connectivity index (χ2n) is 12.1. The van der Waals surface area contributed by atoms with Gasteiger partial charge in [0.1, 0.15) is 11.2 Å². The molecule has 3 aromatic heterocycles. The van der Waals surface area contributed by atoms with Crippen molar-refractivity contribution in [2.24, 2.45) is 0 Å². The number of aromatic nitrogens is 2. The lowest BCUT2D eigenvalue weighted by Gasteiger charge is -2.13. The summed E-state index contributed by atoms with van der Waals surface area (Å²) in [5.41, 5.74) is 11.0. The minimum atomic E-state index is 0.616. The van der Waals surface area contributed by atoms with E-state index in [4.69, 9.17) is 4.42 Å². The van der Waals surface area contributed by atoms with Crippen molar-refractivity contribution in [1.29, 1.82) is 5.26 Å². The molecular weight excluding hydrogens is 574 g/mol. The summed E-state index contributed by atoms with van der Waals surface area (Å²) in [5.74, 6) is 0. The van der Waals surface area contributed by atoms with Crippen LogP contribution in [0.3, 0.4) is 0 Å². The van der Waals surface area contributed by atoms with Crippen LogP contribution in [0.15, 0.2) is 156 Å². The van der Waals surface area contributed by atoms with Crippen molar-refractivity contribution in [3.63, 3.8) is 0 Å². The summed E-state index contributed by atoms with van der Waals surface area (Å²) in [6, 6.07) is 55.4. The molecule has 47 heavy (non-hydrogen) atoms. The van der Waals surface area contributed by atoms with Gasteiger partial charge in [0.25, 0.3) is 0 Å². The molecule has 0 spiro atoms. The maximum Gasteiger partial charge on any atom is 0.136 e. The zero-order chi connectivity index (χ0) is 31.1. The maximum atomic E-state index is 10.2. The van der Waals surface area contributed by atoms with E-state index in [2.05, 4.69) is 137 Å². The van der Waals surface area contributed by atoms with Crippen LogP contribution in [0.4, 0.5) is 0 Å². The van der Waals surface area contributed by atoms with Gasteiger partial charge in [-0.15, -0.1) is 0 Å². The maximum absolute atomic E-state index is 10.2. The topological polar surface area (TPSA) is 46.8 Å². The zero-order valence-corrected chi connectivity index (χ0v) is 25.2. The molecule has 0 aliphatic carbocycles. The lowest BCUT2D eigenvalue weighted by atomic mass is 10.0. The standard InChI is InChI=1S/C43H25N3O/c44-26-27-21-29(28-17-19-30(20-18-28)45-38-13-5-1-9-32(38)33-10-2-6-14-39(33)45)23-31(22-27)46-40-15-7-3-11-34(40)36-25-43-37(24-41(36)46)35-12-4-8-16-42(35)47-43/h1-25H. The third-order valence-electron chi connectivity index (χ3n) is 9.52. The van der Waals surface area contributed by atoms with Crippen LogP contribution >= 0.6 is 0 Å². The first-order valence-electron chi connectivity index (χ1n) is 15.7. The van der Waals surface area contributed by atoms with Crippen molar-refractivity contribution in [3.8, 4) is 28.6 Å². The quantitative estimate of drug-likeness (QED) is 0.203. The highest BCUT2D eigenvalue weighted by atomic mass is 16.3. The first kappa shape index (κ1) is 25.7. The van der Waals surface area contributed by atoms with Crippen molar-refractivity contribution in [3.05, 3.63) is 157 Å². The number of hydrogen-bond donors (Lipinski definition) is 0. The number of hydrogen-bond acceptors (Lipinski definition) is 2. The minimum Gasteiger partial charge on any atom is -0.456 e. The molecule has 0 saturated carbocycles. The van der Waals surface area contributed by atoms with E-state index in [0.29, 0.717) is 5.56 Å². The van der Waals surface area contributed by atoms with Gasteiger partial charge in [-0.2, -0.15) is 5.26 Å². The molecule has 0 unspecified atom stereocenters. The Morgan fingerprint density at radius 1 is 0.404 bits per heavy atom. The van der Waals surface area contributed by atoms with E-state index >= 15 is 0 Å². The van der Waals surface area contributed by atoms with Gasteiger partial charge in [-0.05, 0) is 77.9 Å². The fraction of sp³-hybridized carbons (Fsp3) is 0. The van der Waals surface area contributed by atoms with Crippen LogP contribution in [0.5, 0.6) is 0 Å². The van der Waals surface area contributed by atoms with Crippen molar-refractivity contribution in [2.75, 3.05) is 0 Å². The van der Waals surface area contributed by atoms with Crippen LogP contribution in [0.1, 0.15) is 5.56 Å². The molecule has 3 heterocycles. The highest BCUT2D eigenvalue weighted by Crippen LogP contribution is 2.39. The molecular formula is C43H25N3O. The van der Waals surface area contributed by atoms with Crippen molar-refractivity contribution >= 4 is 65.6 Å². The third-order valence-corrected chi connectivity index (χ3v) is 9.52. The Hall–Kier alpha value is -6.57. The highest BCUT2D eigenvalue weighted by molar-refractivity contribution is 6.17. The number of fused-ring (bicyclic) bond motifs is 9. The number of para-hydroxylation sites is 4. The Morgan fingerprint density at radius 2 is 0.979 bits per heavy atom. The number of rotatable bonds is 3. The predicted molar refractivity (Wildman–Crippen MR) is 193 cm³/mol. The van der Waals surface area contributed by atoms with E-state index in [1.54, 1.807) is 0 Å². The Balaban J connectivity index is 1.16. The first-order chi connectivity index (χ1) is 23.2. The third kappa shape index (κ3) is 3.75. The molecule has 0 aliphatic heterocycles. The average molecular weight is 600 g/mol. The van der Waals surface area contributed by atoms with E-state index < -0.39 is 0 Å². The molecule has 0 amide bonds. The Bertz CT molecular complexity index is 2860. The summed E-state index contributed by atoms with van der Waals surface area (Å²) in [4.78, 5) is 0. The van der Waals surface area contributed by atoms with E-state index in [1.165, 1.54) is 21.8 Å². The van der Waals surface area contributed by atoms with Gasteiger partial charge in [0, 0.05) is 43.7 Å². The summed E-state index contributed by atoms with van der Waals surface area (Å²) in [6.45, 7) is 0. The largest absolute Gasteiger partial charge is 0.456 e. The highest BCUT2D eigenvalue weighted by Gasteiger charge is 2.18. The number of benzene rings is 7. The summed E-state index contributed by atoms with van der Waals surface area (Å²) < 4.78 is 10.9. The van der Waals surface area contributed by atoms with Gasteiger partial charge in [-0.3, -0.25) is 0 Å². The van der Waals surface area contributed by atoms with E-state index in [0.717, 1.165) is 66.2 Å². The molecule has 10 rings (SSSR count). The van der Waals surface area contributed by atoms with E-state index in [9.17, 15) is 5.26 Å². The molecule has 0 aliphatic rings. The van der Waals surface area contributed by atoms with E-state index in [-0.39, 0.29) is 0 Å². The lowest BCUT2D eigenvalue weighted by Crippen LogP contribution is -1.96. The molecule has 0 bridgehead atoms. The van der Waals surface area contributed by atoms with Crippen molar-refractivity contribution < 1.29 is 4.42 Å². The van der Waals surface area contributed by atoms with Gasteiger partial charge in [0.15, 0.2) is 0 Å². The molecule has 0 fully saturated rings. The summed E-state index contributed by atoms with van der Waals surface area (Å²) in [7, 11) is 0. The van der Waals surface area contributed by atoms with Crippen molar-refractivity contribution in [1.82, 2.24) is 9.13 Å². The Labute approximate surface area is 269 Å².